The molecule has 0 aromatic heterocycles. The molecule has 25 heavy (non-hydrogen) atoms. The molecule has 1 atom stereocenters. The fourth-order valence-electron chi connectivity index (χ4n) is 3.97. The van der Waals surface area contributed by atoms with Crippen LogP contribution in [0.4, 0.5) is 0 Å². The van der Waals surface area contributed by atoms with E-state index >= 15 is 0 Å². The Hall–Kier alpha value is -1.91. The highest BCUT2D eigenvalue weighted by molar-refractivity contribution is 5.80. The monoisotopic (exact) mass is 345 g/mol. The molecular weight excluding hydrogens is 314 g/mol. The van der Waals surface area contributed by atoms with Gasteiger partial charge >= 0.3 is 0 Å². The molecule has 5 heteroatoms. The Morgan fingerprint density at radius 1 is 1.28 bits per heavy atom. The molecule has 0 heterocycles. The molecule has 1 aromatic rings. The van der Waals surface area contributed by atoms with E-state index in [9.17, 15) is 0 Å². The maximum atomic E-state index is 5.51. The third-order valence-electron chi connectivity index (χ3n) is 5.88. The minimum Gasteiger partial charge on any atom is -0.497 e. The SMILES string of the molecule is CN=C(NCC1(C2CC2)CCC1)NC(C)c1cc(OC)ccc1OC. The first-order valence-electron chi connectivity index (χ1n) is 9.31. The lowest BCUT2D eigenvalue weighted by Gasteiger charge is -2.43. The number of rotatable bonds is 7. The molecule has 0 bridgehead atoms. The van der Waals surface area contributed by atoms with Crippen LogP contribution in [0, 0.1) is 11.3 Å². The summed E-state index contributed by atoms with van der Waals surface area (Å²) in [6.45, 7) is 3.14. The highest BCUT2D eigenvalue weighted by atomic mass is 16.5. The predicted octanol–water partition coefficient (Wildman–Crippen LogP) is 3.51. The quantitative estimate of drug-likeness (QED) is 0.586. The maximum absolute atomic E-state index is 5.51. The molecule has 0 amide bonds. The molecule has 5 nitrogen and oxygen atoms in total. The van der Waals surface area contributed by atoms with E-state index in [1.807, 2.05) is 25.2 Å². The van der Waals surface area contributed by atoms with E-state index in [2.05, 4.69) is 22.5 Å². The summed E-state index contributed by atoms with van der Waals surface area (Å²) in [5.41, 5.74) is 1.58. The lowest BCUT2D eigenvalue weighted by Crippen LogP contribution is -2.48. The maximum Gasteiger partial charge on any atom is 0.191 e. The smallest absolute Gasteiger partial charge is 0.191 e. The van der Waals surface area contributed by atoms with Gasteiger partial charge in [-0.2, -0.15) is 0 Å². The number of hydrogen-bond acceptors (Lipinski definition) is 3. The number of ether oxygens (including phenoxy) is 2. The molecule has 2 aliphatic rings. The summed E-state index contributed by atoms with van der Waals surface area (Å²) in [5.74, 6) is 3.46. The van der Waals surface area contributed by atoms with Crippen LogP contribution in [0.5, 0.6) is 11.5 Å². The summed E-state index contributed by atoms with van der Waals surface area (Å²) in [6.07, 6.45) is 6.92. The first-order chi connectivity index (χ1) is 12.1. The molecule has 2 fully saturated rings. The molecule has 1 aromatic carbocycles. The van der Waals surface area contributed by atoms with Crippen molar-refractivity contribution in [2.75, 3.05) is 27.8 Å². The lowest BCUT2D eigenvalue weighted by molar-refractivity contribution is 0.106. The van der Waals surface area contributed by atoms with Crippen molar-refractivity contribution in [1.82, 2.24) is 10.6 Å². The van der Waals surface area contributed by atoms with Gasteiger partial charge in [0.15, 0.2) is 5.96 Å². The second kappa shape index (κ2) is 7.54. The van der Waals surface area contributed by atoms with E-state index in [1.165, 1.54) is 32.1 Å². The fraction of sp³-hybridized carbons (Fsp3) is 0.650. The van der Waals surface area contributed by atoms with Crippen LogP contribution in [0.3, 0.4) is 0 Å². The van der Waals surface area contributed by atoms with Gasteiger partial charge in [-0.15, -0.1) is 0 Å². The first kappa shape index (κ1) is 17.9. The van der Waals surface area contributed by atoms with Gasteiger partial charge in [0.05, 0.1) is 20.3 Å². The highest BCUT2D eigenvalue weighted by Crippen LogP contribution is 2.56. The molecule has 0 saturated heterocycles. The molecule has 0 spiro atoms. The van der Waals surface area contributed by atoms with Gasteiger partial charge < -0.3 is 20.1 Å². The van der Waals surface area contributed by atoms with Gasteiger partial charge in [-0.1, -0.05) is 6.42 Å². The number of guanidine groups is 1. The van der Waals surface area contributed by atoms with Crippen molar-refractivity contribution in [3.8, 4) is 11.5 Å². The van der Waals surface area contributed by atoms with Gasteiger partial charge in [0.25, 0.3) is 0 Å². The summed E-state index contributed by atoms with van der Waals surface area (Å²) >= 11 is 0. The van der Waals surface area contributed by atoms with Crippen LogP contribution in [-0.2, 0) is 0 Å². The van der Waals surface area contributed by atoms with E-state index in [0.29, 0.717) is 5.41 Å². The highest BCUT2D eigenvalue weighted by Gasteiger charge is 2.48. The van der Waals surface area contributed by atoms with Gasteiger partial charge in [-0.25, -0.2) is 0 Å². The van der Waals surface area contributed by atoms with E-state index in [0.717, 1.165) is 35.5 Å². The summed E-state index contributed by atoms with van der Waals surface area (Å²) in [4.78, 5) is 4.42. The van der Waals surface area contributed by atoms with Gasteiger partial charge in [0, 0.05) is 19.2 Å². The average molecular weight is 345 g/mol. The zero-order valence-electron chi connectivity index (χ0n) is 15.9. The zero-order valence-corrected chi connectivity index (χ0v) is 15.9. The standard InChI is InChI=1S/C20H31N3O2/c1-14(17-12-16(24-3)8-9-18(17)25-4)23-19(21-2)22-13-20(10-5-11-20)15-6-7-15/h8-9,12,14-15H,5-7,10-11,13H2,1-4H3,(H2,21,22,23). The Morgan fingerprint density at radius 2 is 2.04 bits per heavy atom. The largest absolute Gasteiger partial charge is 0.497 e. The number of methoxy groups -OCH3 is 2. The van der Waals surface area contributed by atoms with Crippen LogP contribution >= 0.6 is 0 Å². The number of aliphatic imine (C=N–C) groups is 1. The minimum absolute atomic E-state index is 0.0644. The van der Waals surface area contributed by atoms with Crippen molar-refractivity contribution in [2.45, 2.75) is 45.1 Å². The molecule has 0 radical (unpaired) electrons. The van der Waals surface area contributed by atoms with Crippen LogP contribution in [-0.4, -0.2) is 33.8 Å². The normalized spacial score (nSPS) is 20.4. The molecule has 3 rings (SSSR count). The Kier molecular flexibility index (Phi) is 5.40. The topological polar surface area (TPSA) is 54.9 Å². The fourth-order valence-corrected chi connectivity index (χ4v) is 3.97. The van der Waals surface area contributed by atoms with Gasteiger partial charge in [-0.05, 0) is 62.1 Å². The Morgan fingerprint density at radius 3 is 2.56 bits per heavy atom. The third-order valence-corrected chi connectivity index (χ3v) is 5.88. The van der Waals surface area contributed by atoms with Gasteiger partial charge in [0.2, 0.25) is 0 Å². The van der Waals surface area contributed by atoms with Crippen LogP contribution < -0.4 is 20.1 Å². The summed E-state index contributed by atoms with van der Waals surface area (Å²) in [6, 6.07) is 5.94. The van der Waals surface area contributed by atoms with E-state index in [1.54, 1.807) is 14.2 Å². The van der Waals surface area contributed by atoms with Crippen LogP contribution in [0.1, 0.15) is 50.6 Å². The molecule has 1 unspecified atom stereocenters. The van der Waals surface area contributed by atoms with Gasteiger partial charge in [-0.3, -0.25) is 4.99 Å². The van der Waals surface area contributed by atoms with E-state index in [4.69, 9.17) is 9.47 Å². The second-order valence-electron chi connectivity index (χ2n) is 7.39. The average Bonchev–Trinajstić information content (AvgIpc) is 3.44. The third kappa shape index (κ3) is 3.86. The number of nitrogens with one attached hydrogen (secondary N) is 2. The van der Waals surface area contributed by atoms with Crippen LogP contribution in [0.2, 0.25) is 0 Å². The molecular formula is C20H31N3O2. The lowest BCUT2D eigenvalue weighted by atomic mass is 9.65. The Bertz CT molecular complexity index is 621. The van der Waals surface area contributed by atoms with Crippen molar-refractivity contribution in [2.24, 2.45) is 16.3 Å². The van der Waals surface area contributed by atoms with Crippen molar-refractivity contribution in [1.29, 1.82) is 0 Å². The molecule has 2 aliphatic carbocycles. The molecule has 2 saturated carbocycles. The second-order valence-corrected chi connectivity index (χ2v) is 7.39. The van der Waals surface area contributed by atoms with E-state index < -0.39 is 0 Å². The summed E-state index contributed by atoms with van der Waals surface area (Å²) in [5, 5.41) is 7.06. The summed E-state index contributed by atoms with van der Waals surface area (Å²) < 4.78 is 10.9. The van der Waals surface area contributed by atoms with Crippen LogP contribution in [0.15, 0.2) is 23.2 Å². The molecule has 138 valence electrons. The number of hydrogen-bond donors (Lipinski definition) is 2. The van der Waals surface area contributed by atoms with Crippen LogP contribution in [0.25, 0.3) is 0 Å². The van der Waals surface area contributed by atoms with Gasteiger partial charge in [0.1, 0.15) is 11.5 Å². The zero-order chi connectivity index (χ0) is 17.9. The number of nitrogens with zero attached hydrogens (tertiary/aromatic N) is 1. The number of benzene rings is 1. The predicted molar refractivity (Wildman–Crippen MR) is 101 cm³/mol. The summed E-state index contributed by atoms with van der Waals surface area (Å²) in [7, 11) is 5.20. The molecule has 0 aliphatic heterocycles. The van der Waals surface area contributed by atoms with Crippen molar-refractivity contribution in [3.05, 3.63) is 23.8 Å². The Balaban J connectivity index is 1.63. The molecule has 2 N–H and O–H groups in total. The minimum atomic E-state index is 0.0644. The first-order valence-corrected chi connectivity index (χ1v) is 9.31. The van der Waals surface area contributed by atoms with Crippen molar-refractivity contribution in [3.63, 3.8) is 0 Å². The van der Waals surface area contributed by atoms with Crippen molar-refractivity contribution < 1.29 is 9.47 Å². The Labute approximate surface area is 151 Å². The van der Waals surface area contributed by atoms with E-state index in [-0.39, 0.29) is 6.04 Å². The van der Waals surface area contributed by atoms with Crippen molar-refractivity contribution >= 4 is 5.96 Å².